The fourth-order valence-corrected chi connectivity index (χ4v) is 5.53. The number of amides is 1. The van der Waals surface area contributed by atoms with E-state index in [1.807, 2.05) is 0 Å². The maximum atomic E-state index is 14.7. The predicted molar refractivity (Wildman–Crippen MR) is 121 cm³/mol. The molecular formula is C23H26F3N7O3. The van der Waals surface area contributed by atoms with Crippen LogP contribution in [0.5, 0.6) is 5.88 Å². The average Bonchev–Trinajstić information content (AvgIpc) is 3.56. The Morgan fingerprint density at radius 3 is 2.83 bits per heavy atom. The second kappa shape index (κ2) is 8.86. The molecule has 3 N–H and O–H groups in total. The number of rotatable bonds is 8. The summed E-state index contributed by atoms with van der Waals surface area (Å²) in [6.45, 7) is -0.756. The second-order valence-corrected chi connectivity index (χ2v) is 9.81. The van der Waals surface area contributed by atoms with E-state index in [2.05, 4.69) is 30.9 Å². The molecule has 0 aromatic carbocycles. The zero-order valence-electron chi connectivity index (χ0n) is 19.3. The number of fused-ring (bicyclic) bond motifs is 2. The first-order valence-electron chi connectivity index (χ1n) is 12.1. The van der Waals surface area contributed by atoms with E-state index in [-0.39, 0.29) is 23.8 Å². The number of hydrogen-bond donors (Lipinski definition) is 3. The number of aromatic nitrogens is 5. The molecule has 3 aliphatic carbocycles. The third kappa shape index (κ3) is 4.20. The first kappa shape index (κ1) is 22.9. The number of anilines is 2. The van der Waals surface area contributed by atoms with Crippen molar-refractivity contribution in [2.24, 2.45) is 5.92 Å². The second-order valence-electron chi connectivity index (χ2n) is 9.81. The molecule has 0 saturated heterocycles. The summed E-state index contributed by atoms with van der Waals surface area (Å²) in [4.78, 5) is 16.6. The monoisotopic (exact) mass is 505 g/mol. The van der Waals surface area contributed by atoms with Gasteiger partial charge in [0, 0.05) is 41.7 Å². The van der Waals surface area contributed by atoms with Crippen LogP contribution in [-0.2, 0) is 4.74 Å². The van der Waals surface area contributed by atoms with Crippen molar-refractivity contribution in [3.63, 3.8) is 0 Å². The van der Waals surface area contributed by atoms with Crippen LogP contribution in [0.1, 0.15) is 50.1 Å². The molecule has 3 heterocycles. The summed E-state index contributed by atoms with van der Waals surface area (Å²) in [6, 6.07) is 3.25. The van der Waals surface area contributed by atoms with Crippen molar-refractivity contribution in [1.29, 1.82) is 0 Å². The maximum absolute atomic E-state index is 14.7. The van der Waals surface area contributed by atoms with Gasteiger partial charge in [0.1, 0.15) is 17.8 Å². The van der Waals surface area contributed by atoms with Crippen LogP contribution in [0.4, 0.5) is 29.6 Å². The smallest absolute Gasteiger partial charge is 0.407 e. The lowest BCUT2D eigenvalue weighted by Gasteiger charge is -2.58. The van der Waals surface area contributed by atoms with Gasteiger partial charge in [-0.3, -0.25) is 5.10 Å². The van der Waals surface area contributed by atoms with Gasteiger partial charge in [0.05, 0.1) is 0 Å². The van der Waals surface area contributed by atoms with E-state index in [0.29, 0.717) is 35.2 Å². The third-order valence-electron chi connectivity index (χ3n) is 7.71. The Morgan fingerprint density at radius 1 is 1.28 bits per heavy atom. The lowest BCUT2D eigenvalue weighted by molar-refractivity contribution is -0.0275. The van der Waals surface area contributed by atoms with Crippen molar-refractivity contribution in [2.45, 2.75) is 68.7 Å². The van der Waals surface area contributed by atoms with Crippen molar-refractivity contribution in [2.75, 3.05) is 11.9 Å². The molecule has 6 rings (SSSR count). The van der Waals surface area contributed by atoms with Crippen molar-refractivity contribution >= 4 is 23.2 Å². The number of halogens is 3. The van der Waals surface area contributed by atoms with Gasteiger partial charge >= 0.3 is 6.09 Å². The number of hydrogen-bond acceptors (Lipinski definition) is 7. The lowest BCUT2D eigenvalue weighted by Crippen LogP contribution is -2.66. The van der Waals surface area contributed by atoms with Crippen molar-refractivity contribution in [3.8, 4) is 5.88 Å². The third-order valence-corrected chi connectivity index (χ3v) is 7.71. The molecule has 0 unspecified atom stereocenters. The predicted octanol–water partition coefficient (Wildman–Crippen LogP) is 4.09. The van der Waals surface area contributed by atoms with Crippen LogP contribution in [0, 0.1) is 5.92 Å². The summed E-state index contributed by atoms with van der Waals surface area (Å²) >= 11 is 0. The van der Waals surface area contributed by atoms with Crippen molar-refractivity contribution < 1.29 is 27.4 Å². The van der Waals surface area contributed by atoms with E-state index >= 15 is 0 Å². The Hall–Kier alpha value is -3.51. The van der Waals surface area contributed by atoms with Crippen LogP contribution >= 0.6 is 0 Å². The van der Waals surface area contributed by atoms with Gasteiger partial charge in [-0.25, -0.2) is 27.5 Å². The van der Waals surface area contributed by atoms with Crippen LogP contribution in [0.15, 0.2) is 24.5 Å². The number of carbonyl (C=O) groups is 1. The van der Waals surface area contributed by atoms with E-state index in [4.69, 9.17) is 9.47 Å². The molecule has 0 spiro atoms. The molecule has 3 aliphatic rings. The van der Waals surface area contributed by atoms with Gasteiger partial charge in [-0.05, 0) is 44.4 Å². The number of nitrogens with one attached hydrogen (secondary N) is 3. The van der Waals surface area contributed by atoms with Gasteiger partial charge in [0.25, 0.3) is 6.43 Å². The van der Waals surface area contributed by atoms with Gasteiger partial charge in [0.15, 0.2) is 18.2 Å². The molecule has 0 radical (unpaired) electrons. The standard InChI is InChI=1S/C23H26F3N7O3/c24-14-7-12(8-17(14)36-22(34)29-23-3-1-13(23)2-4-23)15-9-19(31-30-15)28-21-16-10-20(35-11-18(25)26)32-33(16)6-5-27-21/h5-6,9-10,12-14,17-18H,1-4,7-8,11H2,(H,29,34)(H2,27,28,30,31)/t12-,13?,14+,17-,23?/m0/s1. The number of H-pyrrole nitrogens is 1. The van der Waals surface area contributed by atoms with E-state index in [1.54, 1.807) is 12.3 Å². The fraction of sp³-hybridized carbons (Fsp3) is 0.565. The zero-order valence-corrected chi connectivity index (χ0v) is 19.3. The normalized spacial score (nSPS) is 28.9. The van der Waals surface area contributed by atoms with Crippen molar-refractivity contribution in [3.05, 3.63) is 30.2 Å². The number of ether oxygens (including phenoxy) is 2. The molecular weight excluding hydrogens is 479 g/mol. The van der Waals surface area contributed by atoms with Crippen LogP contribution in [0.25, 0.3) is 5.52 Å². The van der Waals surface area contributed by atoms with Gasteiger partial charge in [0.2, 0.25) is 5.88 Å². The highest BCUT2D eigenvalue weighted by Gasteiger charge is 2.55. The lowest BCUT2D eigenvalue weighted by atomic mass is 9.53. The molecule has 0 aliphatic heterocycles. The Morgan fingerprint density at radius 2 is 2.11 bits per heavy atom. The van der Waals surface area contributed by atoms with E-state index in [0.717, 1.165) is 25.7 Å². The quantitative estimate of drug-likeness (QED) is 0.422. The largest absolute Gasteiger partial charge is 0.471 e. The van der Waals surface area contributed by atoms with Gasteiger partial charge < -0.3 is 20.1 Å². The van der Waals surface area contributed by atoms with E-state index in [1.165, 1.54) is 16.8 Å². The van der Waals surface area contributed by atoms with Crippen LogP contribution < -0.4 is 15.4 Å². The molecule has 3 atom stereocenters. The van der Waals surface area contributed by atoms with Crippen LogP contribution in [-0.4, -0.2) is 61.7 Å². The summed E-state index contributed by atoms with van der Waals surface area (Å²) in [6.07, 6.45) is 2.63. The van der Waals surface area contributed by atoms with Crippen LogP contribution in [0.3, 0.4) is 0 Å². The summed E-state index contributed by atoms with van der Waals surface area (Å²) in [5.41, 5.74) is 1.10. The Bertz CT molecular complexity index is 1260. The van der Waals surface area contributed by atoms with Crippen LogP contribution in [0.2, 0.25) is 0 Å². The molecule has 3 saturated carbocycles. The highest BCUT2D eigenvalue weighted by atomic mass is 19.3. The van der Waals surface area contributed by atoms with Crippen molar-refractivity contribution in [1.82, 2.24) is 30.1 Å². The zero-order chi connectivity index (χ0) is 24.9. The van der Waals surface area contributed by atoms with Gasteiger partial charge in [-0.15, -0.1) is 5.10 Å². The summed E-state index contributed by atoms with van der Waals surface area (Å²) in [5, 5.41) is 17.3. The Balaban J connectivity index is 1.08. The first-order valence-corrected chi connectivity index (χ1v) is 12.1. The number of nitrogens with zero attached hydrogens (tertiary/aromatic N) is 4. The SMILES string of the molecule is O=C(NC12CCC1CC2)O[C@H]1C[C@@H](c2cc(Nc3nccn4nc(OCC(F)F)cc34)n[nH]2)C[C@H]1F. The summed E-state index contributed by atoms with van der Waals surface area (Å²) < 4.78 is 51.5. The molecule has 3 fully saturated rings. The van der Waals surface area contributed by atoms with Gasteiger partial charge in [-0.2, -0.15) is 5.10 Å². The number of carbonyl (C=O) groups excluding carboxylic acids is 1. The van der Waals surface area contributed by atoms with E-state index < -0.39 is 31.4 Å². The number of aromatic amines is 1. The highest BCUT2D eigenvalue weighted by molar-refractivity contribution is 5.73. The fourth-order valence-electron chi connectivity index (χ4n) is 5.53. The minimum absolute atomic E-state index is 0.0498. The number of alkyl carbamates (subject to hydrolysis) is 1. The Kier molecular flexibility index (Phi) is 5.64. The minimum Gasteiger partial charge on any atom is -0.471 e. The molecule has 3 aromatic heterocycles. The van der Waals surface area contributed by atoms with Gasteiger partial charge in [-0.1, -0.05) is 0 Å². The molecule has 13 heteroatoms. The van der Waals surface area contributed by atoms with E-state index in [9.17, 15) is 18.0 Å². The molecule has 10 nitrogen and oxygen atoms in total. The average molecular weight is 506 g/mol. The molecule has 1 amide bonds. The molecule has 0 bridgehead atoms. The summed E-state index contributed by atoms with van der Waals surface area (Å²) in [5.74, 6) is 1.24. The molecule has 3 aromatic rings. The first-order chi connectivity index (χ1) is 17.4. The maximum Gasteiger partial charge on any atom is 0.407 e. The molecule has 36 heavy (non-hydrogen) atoms. The number of alkyl halides is 3. The summed E-state index contributed by atoms with van der Waals surface area (Å²) in [7, 11) is 0. The topological polar surface area (TPSA) is 118 Å². The Labute approximate surface area is 203 Å². The highest BCUT2D eigenvalue weighted by Crippen LogP contribution is 2.53. The minimum atomic E-state index is -2.61. The molecule has 192 valence electrons.